The van der Waals surface area contributed by atoms with Crippen LogP contribution in [0.5, 0.6) is 0 Å². The van der Waals surface area contributed by atoms with Crippen LogP contribution in [-0.4, -0.2) is 51.9 Å². The summed E-state index contributed by atoms with van der Waals surface area (Å²) in [6.45, 7) is 2.74. The molecule has 2 unspecified atom stereocenters. The zero-order valence-corrected chi connectivity index (χ0v) is 17.8. The van der Waals surface area contributed by atoms with Crippen molar-refractivity contribution in [1.82, 2.24) is 0 Å². The van der Waals surface area contributed by atoms with Gasteiger partial charge in [0.25, 0.3) is 0 Å². The maximum atomic E-state index is 15.0. The average molecular weight is 452 g/mol. The number of unbranched alkanes of at least 4 members (excludes halogenated alkanes) is 2. The smallest absolute Gasteiger partial charge is 0.397 e. The molecule has 1 heterocycles. The number of aliphatic carboxylic acids is 1. The summed E-state index contributed by atoms with van der Waals surface area (Å²) in [4.78, 5) is 10.6. The third-order valence-electron chi connectivity index (χ3n) is 6.49. The van der Waals surface area contributed by atoms with Gasteiger partial charge < -0.3 is 20.1 Å². The first-order valence-corrected chi connectivity index (χ1v) is 10.8. The molecule has 0 bridgehead atoms. The second-order valence-electron chi connectivity index (χ2n) is 8.76. The Labute approximate surface area is 179 Å². The number of ether oxygens (including phenoxy) is 1. The first-order valence-electron chi connectivity index (χ1n) is 10.8. The Bertz CT molecular complexity index is 677. The van der Waals surface area contributed by atoms with E-state index in [-0.39, 0.29) is 25.0 Å². The molecule has 5 nitrogen and oxygen atoms in total. The summed E-state index contributed by atoms with van der Waals surface area (Å²) >= 11 is 0. The molecule has 0 radical (unpaired) electrons. The second kappa shape index (κ2) is 10.3. The van der Waals surface area contributed by atoms with Crippen molar-refractivity contribution in [1.29, 1.82) is 0 Å². The largest absolute Gasteiger partial charge is 0.491 e. The zero-order chi connectivity index (χ0) is 23.4. The summed E-state index contributed by atoms with van der Waals surface area (Å²) in [6.07, 6.45) is -4.42. The first-order chi connectivity index (χ1) is 14.4. The third kappa shape index (κ3) is 5.80. The summed E-state index contributed by atoms with van der Waals surface area (Å²) in [5.41, 5.74) is -2.33. The van der Waals surface area contributed by atoms with Crippen LogP contribution in [0.2, 0.25) is 0 Å². The standard InChI is InChI=1S/C22H32F4O5/c1-3-4-11-21(2,22(24,25)26)17(28)10-9-13-14(27)12-16-19(13)20(23)15(31-16)7-5-6-8-18(29)30/h7,9-10,13-14,16-17,19-20,27-28H,3-6,8,11-12H2,1-2H3,(H,29,30)/b10-9+,15-7-/t13-,14+,16+,17+,19+,20?,21?/m0/s1. The van der Waals surface area contributed by atoms with Gasteiger partial charge in [-0.15, -0.1) is 0 Å². The van der Waals surface area contributed by atoms with E-state index in [2.05, 4.69) is 0 Å². The monoisotopic (exact) mass is 452 g/mol. The molecule has 1 saturated carbocycles. The van der Waals surface area contributed by atoms with Gasteiger partial charge in [0.15, 0.2) is 6.17 Å². The maximum Gasteiger partial charge on any atom is 0.397 e. The van der Waals surface area contributed by atoms with Crippen LogP contribution in [-0.2, 0) is 9.53 Å². The summed E-state index contributed by atoms with van der Waals surface area (Å²) in [6, 6.07) is 0. The predicted molar refractivity (Wildman–Crippen MR) is 106 cm³/mol. The minimum absolute atomic E-state index is 0.0500. The van der Waals surface area contributed by atoms with Crippen molar-refractivity contribution < 1.29 is 42.4 Å². The van der Waals surface area contributed by atoms with Crippen LogP contribution in [0.15, 0.2) is 24.0 Å². The van der Waals surface area contributed by atoms with E-state index in [1.165, 1.54) is 12.2 Å². The lowest BCUT2D eigenvalue weighted by atomic mass is 9.77. The Morgan fingerprint density at radius 3 is 2.58 bits per heavy atom. The highest BCUT2D eigenvalue weighted by atomic mass is 19.4. The molecule has 0 aromatic heterocycles. The molecule has 7 atom stereocenters. The van der Waals surface area contributed by atoms with Gasteiger partial charge in [0.05, 0.1) is 17.6 Å². The Morgan fingerprint density at radius 1 is 1.32 bits per heavy atom. The zero-order valence-electron chi connectivity index (χ0n) is 17.8. The molecule has 2 aliphatic rings. The topological polar surface area (TPSA) is 87.0 Å². The van der Waals surface area contributed by atoms with Gasteiger partial charge in [0.2, 0.25) is 0 Å². The molecule has 0 aromatic rings. The van der Waals surface area contributed by atoms with Crippen molar-refractivity contribution in [2.45, 2.75) is 89.5 Å². The number of hydrogen-bond donors (Lipinski definition) is 3. The number of allylic oxidation sites excluding steroid dienone is 2. The third-order valence-corrected chi connectivity index (χ3v) is 6.49. The Kier molecular flexibility index (Phi) is 8.55. The molecule has 0 spiro atoms. The van der Waals surface area contributed by atoms with Gasteiger partial charge in [-0.05, 0) is 32.3 Å². The highest BCUT2D eigenvalue weighted by molar-refractivity contribution is 5.66. The van der Waals surface area contributed by atoms with E-state index in [9.17, 15) is 32.6 Å². The predicted octanol–water partition coefficient (Wildman–Crippen LogP) is 4.54. The second-order valence-corrected chi connectivity index (χ2v) is 8.76. The van der Waals surface area contributed by atoms with E-state index in [4.69, 9.17) is 9.84 Å². The normalized spacial score (nSPS) is 32.8. The molecule has 3 N–H and O–H groups in total. The number of rotatable bonds is 10. The quantitative estimate of drug-likeness (QED) is 0.258. The fraction of sp³-hybridized carbons (Fsp3) is 0.773. The van der Waals surface area contributed by atoms with Crippen molar-refractivity contribution in [2.24, 2.45) is 17.3 Å². The van der Waals surface area contributed by atoms with Crippen molar-refractivity contribution in [3.63, 3.8) is 0 Å². The average Bonchev–Trinajstić information content (AvgIpc) is 3.14. The highest BCUT2D eigenvalue weighted by Crippen LogP contribution is 2.48. The van der Waals surface area contributed by atoms with E-state index in [1.54, 1.807) is 6.92 Å². The Morgan fingerprint density at radius 2 is 2.00 bits per heavy atom. The fourth-order valence-electron chi connectivity index (χ4n) is 4.36. The number of aliphatic hydroxyl groups excluding tert-OH is 2. The van der Waals surface area contributed by atoms with Crippen molar-refractivity contribution in [2.75, 3.05) is 0 Å². The number of carbonyl (C=O) groups is 1. The number of alkyl halides is 4. The van der Waals surface area contributed by atoms with E-state index in [1.807, 2.05) is 0 Å². The van der Waals surface area contributed by atoms with Crippen molar-refractivity contribution >= 4 is 5.97 Å². The van der Waals surface area contributed by atoms with Gasteiger partial charge in [0.1, 0.15) is 11.9 Å². The first kappa shape index (κ1) is 25.6. The van der Waals surface area contributed by atoms with Gasteiger partial charge in [-0.1, -0.05) is 31.9 Å². The molecule has 1 saturated heterocycles. The van der Waals surface area contributed by atoms with Crippen LogP contribution >= 0.6 is 0 Å². The van der Waals surface area contributed by atoms with Crippen LogP contribution in [0.4, 0.5) is 17.6 Å². The van der Waals surface area contributed by atoms with Crippen LogP contribution in [0.3, 0.4) is 0 Å². The number of aliphatic hydroxyl groups is 2. The molecule has 1 aliphatic heterocycles. The molecular formula is C22H32F4O5. The van der Waals surface area contributed by atoms with E-state index >= 15 is 0 Å². The van der Waals surface area contributed by atoms with E-state index in [0.29, 0.717) is 25.7 Å². The van der Waals surface area contributed by atoms with Crippen LogP contribution < -0.4 is 0 Å². The lowest BCUT2D eigenvalue weighted by molar-refractivity contribution is -0.244. The molecule has 1 aliphatic carbocycles. The molecule has 2 fully saturated rings. The SMILES string of the molecule is CCCCC(C)([C@H](O)/C=C/[C@@H]1[C@H]2C(F)/C(=C/CCCC(=O)O)O[C@@H]2C[C@H]1O)C(F)(F)F. The molecule has 9 heteroatoms. The minimum Gasteiger partial charge on any atom is -0.491 e. The number of hydrogen-bond acceptors (Lipinski definition) is 4. The summed E-state index contributed by atoms with van der Waals surface area (Å²) < 4.78 is 61.4. The van der Waals surface area contributed by atoms with Crippen molar-refractivity contribution in [3.8, 4) is 0 Å². The van der Waals surface area contributed by atoms with Gasteiger partial charge in [0, 0.05) is 24.7 Å². The van der Waals surface area contributed by atoms with Gasteiger partial charge in [-0.3, -0.25) is 4.79 Å². The maximum absolute atomic E-state index is 15.0. The lowest BCUT2D eigenvalue weighted by Gasteiger charge is -2.35. The number of fused-ring (bicyclic) bond motifs is 1. The fourth-order valence-corrected chi connectivity index (χ4v) is 4.36. The molecule has 0 aromatic carbocycles. The number of carboxylic acid groups (broad SMARTS) is 1. The van der Waals surface area contributed by atoms with Gasteiger partial charge in [-0.2, -0.15) is 13.2 Å². The summed E-state index contributed by atoms with van der Waals surface area (Å²) in [5.74, 6) is -2.43. The van der Waals surface area contributed by atoms with Gasteiger partial charge >= 0.3 is 12.1 Å². The molecule has 31 heavy (non-hydrogen) atoms. The molecular weight excluding hydrogens is 420 g/mol. The highest BCUT2D eigenvalue weighted by Gasteiger charge is 2.56. The molecule has 178 valence electrons. The summed E-state index contributed by atoms with van der Waals surface area (Å²) in [7, 11) is 0. The van der Waals surface area contributed by atoms with Crippen molar-refractivity contribution in [3.05, 3.63) is 24.0 Å². The molecule has 2 rings (SSSR count). The molecule has 0 amide bonds. The Hall–Kier alpha value is -1.61. The van der Waals surface area contributed by atoms with Crippen LogP contribution in [0.1, 0.15) is 58.8 Å². The van der Waals surface area contributed by atoms with Gasteiger partial charge in [-0.25, -0.2) is 4.39 Å². The summed E-state index contributed by atoms with van der Waals surface area (Å²) in [5, 5.41) is 29.3. The van der Waals surface area contributed by atoms with E-state index in [0.717, 1.165) is 13.0 Å². The lowest BCUT2D eigenvalue weighted by Crippen LogP contribution is -2.44. The van der Waals surface area contributed by atoms with Crippen LogP contribution in [0, 0.1) is 17.3 Å². The number of halogens is 4. The minimum atomic E-state index is -4.62. The van der Waals surface area contributed by atoms with E-state index < -0.39 is 53.9 Å². The van der Waals surface area contributed by atoms with Crippen LogP contribution in [0.25, 0.3) is 0 Å². The Balaban J connectivity index is 2.11. The number of carboxylic acids is 1.